The third-order valence-electron chi connectivity index (χ3n) is 4.44. The number of aliphatic carboxylic acids is 1. The van der Waals surface area contributed by atoms with Crippen LogP contribution in [0.4, 0.5) is 4.79 Å². The minimum Gasteiger partial charge on any atom is -0.481 e. The maximum atomic E-state index is 12.1. The lowest BCUT2D eigenvalue weighted by molar-refractivity contribution is -0.150. The first-order valence-corrected chi connectivity index (χ1v) is 7.56. The third-order valence-corrected chi connectivity index (χ3v) is 4.44. The Hall–Kier alpha value is -1.79. The van der Waals surface area contributed by atoms with Crippen LogP contribution in [0.25, 0.3) is 0 Å². The van der Waals surface area contributed by atoms with Gasteiger partial charge in [-0.05, 0) is 12.8 Å². The molecule has 0 atom stereocenters. The number of carboxylic acids is 1. The maximum Gasteiger partial charge on any atom is 0.317 e. The van der Waals surface area contributed by atoms with E-state index in [4.69, 9.17) is 0 Å². The minimum atomic E-state index is -0.826. The maximum absolute atomic E-state index is 12.1. The molecule has 1 saturated heterocycles. The number of urea groups is 1. The van der Waals surface area contributed by atoms with Gasteiger partial charge >= 0.3 is 12.0 Å². The van der Waals surface area contributed by atoms with E-state index < -0.39 is 11.4 Å². The van der Waals surface area contributed by atoms with Crippen LogP contribution in [0.3, 0.4) is 0 Å². The summed E-state index contributed by atoms with van der Waals surface area (Å²) in [5, 5.41) is 14.9. The highest BCUT2D eigenvalue weighted by Crippen LogP contribution is 2.36. The first-order valence-electron chi connectivity index (χ1n) is 7.56. The van der Waals surface area contributed by atoms with Crippen molar-refractivity contribution in [3.63, 3.8) is 0 Å². The van der Waals surface area contributed by atoms with E-state index in [-0.39, 0.29) is 24.9 Å². The summed E-state index contributed by atoms with van der Waals surface area (Å²) >= 11 is 0. The monoisotopic (exact) mass is 297 g/mol. The molecular formula is C14H23N3O4. The Kier molecular flexibility index (Phi) is 5.03. The number of carbonyl (C=O) groups is 3. The summed E-state index contributed by atoms with van der Waals surface area (Å²) in [6.07, 6.45) is 4.36. The zero-order valence-electron chi connectivity index (χ0n) is 12.2. The number of nitrogens with one attached hydrogen (secondary N) is 2. The van der Waals surface area contributed by atoms with E-state index in [1.165, 1.54) is 0 Å². The molecule has 1 saturated carbocycles. The van der Waals surface area contributed by atoms with Gasteiger partial charge in [0, 0.05) is 32.6 Å². The molecular weight excluding hydrogens is 274 g/mol. The lowest BCUT2D eigenvalue weighted by Crippen LogP contribution is -2.49. The molecule has 0 spiro atoms. The van der Waals surface area contributed by atoms with Crippen molar-refractivity contribution in [2.75, 3.05) is 26.2 Å². The predicted octanol–water partition coefficient (Wildman–Crippen LogP) is 0.553. The Balaban J connectivity index is 1.89. The molecule has 0 aromatic rings. The molecule has 7 nitrogen and oxygen atoms in total. The molecule has 0 unspecified atom stereocenters. The molecule has 1 heterocycles. The molecule has 2 aliphatic rings. The van der Waals surface area contributed by atoms with Crippen molar-refractivity contribution in [2.45, 2.75) is 38.5 Å². The van der Waals surface area contributed by atoms with Gasteiger partial charge in [-0.25, -0.2) is 4.79 Å². The highest BCUT2D eigenvalue weighted by Gasteiger charge is 2.40. The van der Waals surface area contributed by atoms with Crippen molar-refractivity contribution >= 4 is 17.9 Å². The Morgan fingerprint density at radius 1 is 1.24 bits per heavy atom. The first-order chi connectivity index (χ1) is 10.0. The van der Waals surface area contributed by atoms with Crippen molar-refractivity contribution in [1.29, 1.82) is 0 Å². The molecule has 0 bridgehead atoms. The molecule has 1 aliphatic carbocycles. The standard InChI is InChI=1S/C14H23N3O4/c18-11-4-8-17(9-7-15-11)13(21)16-10-14(12(19)20)5-2-1-3-6-14/h1-10H2,(H,15,18)(H,16,21)(H,19,20). The largest absolute Gasteiger partial charge is 0.481 e. The zero-order valence-corrected chi connectivity index (χ0v) is 12.2. The second-order valence-corrected chi connectivity index (χ2v) is 5.89. The summed E-state index contributed by atoms with van der Waals surface area (Å²) in [6.45, 7) is 1.44. The van der Waals surface area contributed by atoms with Crippen LogP contribution in [-0.2, 0) is 9.59 Å². The van der Waals surface area contributed by atoms with Crippen LogP contribution in [0.1, 0.15) is 38.5 Å². The van der Waals surface area contributed by atoms with Crippen LogP contribution in [0.15, 0.2) is 0 Å². The number of carboxylic acid groups (broad SMARTS) is 1. The fraction of sp³-hybridized carbons (Fsp3) is 0.786. The van der Waals surface area contributed by atoms with Gasteiger partial charge in [0.2, 0.25) is 5.91 Å². The van der Waals surface area contributed by atoms with E-state index in [1.807, 2.05) is 0 Å². The Morgan fingerprint density at radius 2 is 1.95 bits per heavy atom. The third kappa shape index (κ3) is 3.86. The average molecular weight is 297 g/mol. The lowest BCUT2D eigenvalue weighted by Gasteiger charge is -2.34. The van der Waals surface area contributed by atoms with Crippen molar-refractivity contribution in [3.8, 4) is 0 Å². The highest BCUT2D eigenvalue weighted by atomic mass is 16.4. The highest BCUT2D eigenvalue weighted by molar-refractivity contribution is 5.80. The van der Waals surface area contributed by atoms with E-state index in [9.17, 15) is 19.5 Å². The average Bonchev–Trinajstić information content (AvgIpc) is 2.70. The molecule has 0 aromatic carbocycles. The van der Waals surface area contributed by atoms with Gasteiger partial charge in [-0.15, -0.1) is 0 Å². The van der Waals surface area contributed by atoms with E-state index >= 15 is 0 Å². The summed E-state index contributed by atoms with van der Waals surface area (Å²) in [7, 11) is 0. The molecule has 1 aliphatic heterocycles. The van der Waals surface area contributed by atoms with Crippen LogP contribution in [0.5, 0.6) is 0 Å². The number of rotatable bonds is 3. The summed E-state index contributed by atoms with van der Waals surface area (Å²) in [5.41, 5.74) is -0.826. The summed E-state index contributed by atoms with van der Waals surface area (Å²) in [5.74, 6) is -0.880. The molecule has 0 radical (unpaired) electrons. The minimum absolute atomic E-state index is 0.0559. The Morgan fingerprint density at radius 3 is 2.62 bits per heavy atom. The van der Waals surface area contributed by atoms with E-state index in [1.54, 1.807) is 4.90 Å². The molecule has 118 valence electrons. The van der Waals surface area contributed by atoms with Crippen LogP contribution < -0.4 is 10.6 Å². The van der Waals surface area contributed by atoms with Gasteiger partial charge in [0.1, 0.15) is 0 Å². The van der Waals surface area contributed by atoms with Crippen LogP contribution >= 0.6 is 0 Å². The van der Waals surface area contributed by atoms with Gasteiger partial charge in [-0.3, -0.25) is 9.59 Å². The number of nitrogens with zero attached hydrogens (tertiary/aromatic N) is 1. The van der Waals surface area contributed by atoms with Crippen molar-refractivity contribution in [1.82, 2.24) is 15.5 Å². The second-order valence-electron chi connectivity index (χ2n) is 5.89. The van der Waals surface area contributed by atoms with Crippen LogP contribution in [0.2, 0.25) is 0 Å². The van der Waals surface area contributed by atoms with Gasteiger partial charge < -0.3 is 20.6 Å². The zero-order chi connectivity index (χ0) is 15.3. The number of hydrogen-bond acceptors (Lipinski definition) is 3. The van der Waals surface area contributed by atoms with Gasteiger partial charge in [0.25, 0.3) is 0 Å². The van der Waals surface area contributed by atoms with Gasteiger partial charge in [0.15, 0.2) is 0 Å². The molecule has 0 aromatic heterocycles. The fourth-order valence-electron chi connectivity index (χ4n) is 3.02. The van der Waals surface area contributed by atoms with E-state index in [2.05, 4.69) is 10.6 Å². The smallest absolute Gasteiger partial charge is 0.317 e. The van der Waals surface area contributed by atoms with E-state index in [0.717, 1.165) is 19.3 Å². The fourth-order valence-corrected chi connectivity index (χ4v) is 3.02. The van der Waals surface area contributed by atoms with Crippen molar-refractivity contribution < 1.29 is 19.5 Å². The Labute approximate surface area is 124 Å². The molecule has 2 fully saturated rings. The van der Waals surface area contributed by atoms with E-state index in [0.29, 0.717) is 32.5 Å². The van der Waals surface area contributed by atoms with Gasteiger partial charge in [-0.2, -0.15) is 0 Å². The predicted molar refractivity (Wildman–Crippen MR) is 75.8 cm³/mol. The second kappa shape index (κ2) is 6.78. The first kappa shape index (κ1) is 15.6. The summed E-state index contributed by atoms with van der Waals surface area (Å²) < 4.78 is 0. The topological polar surface area (TPSA) is 98.7 Å². The molecule has 2 rings (SSSR count). The SMILES string of the molecule is O=C1CCN(C(=O)NCC2(C(=O)O)CCCCC2)CCN1. The van der Waals surface area contributed by atoms with Crippen molar-refractivity contribution in [2.24, 2.45) is 5.41 Å². The molecule has 21 heavy (non-hydrogen) atoms. The number of carbonyl (C=O) groups excluding carboxylic acids is 2. The van der Waals surface area contributed by atoms with Crippen molar-refractivity contribution in [3.05, 3.63) is 0 Å². The summed E-state index contributed by atoms with van der Waals surface area (Å²) in [6, 6.07) is -0.280. The lowest BCUT2D eigenvalue weighted by atomic mass is 9.74. The molecule has 7 heteroatoms. The molecule has 3 N–H and O–H groups in total. The quantitative estimate of drug-likeness (QED) is 0.708. The number of hydrogen-bond donors (Lipinski definition) is 3. The normalized spacial score (nSPS) is 22.1. The summed E-state index contributed by atoms with van der Waals surface area (Å²) in [4.78, 5) is 36.5. The number of amides is 3. The van der Waals surface area contributed by atoms with Gasteiger partial charge in [0.05, 0.1) is 5.41 Å². The van der Waals surface area contributed by atoms with Crippen LogP contribution in [0, 0.1) is 5.41 Å². The van der Waals surface area contributed by atoms with Crippen LogP contribution in [-0.4, -0.2) is 54.1 Å². The van der Waals surface area contributed by atoms with Gasteiger partial charge in [-0.1, -0.05) is 19.3 Å². The Bertz CT molecular complexity index is 418. The molecule has 3 amide bonds.